The van der Waals surface area contributed by atoms with E-state index >= 15 is 0 Å². The fraction of sp³-hybridized carbons (Fsp3) is 0.280. The Morgan fingerprint density at radius 2 is 1.84 bits per heavy atom. The van der Waals surface area contributed by atoms with Crippen LogP contribution in [0.15, 0.2) is 72.9 Å². The zero-order valence-corrected chi connectivity index (χ0v) is 17.9. The third-order valence-corrected chi connectivity index (χ3v) is 5.64. The Hall–Kier alpha value is -3.38. The van der Waals surface area contributed by atoms with E-state index < -0.39 is 0 Å². The number of hydrogen-bond donors (Lipinski definition) is 2. The molecule has 0 spiro atoms. The lowest BCUT2D eigenvalue weighted by molar-refractivity contribution is -0.125. The fourth-order valence-corrected chi connectivity index (χ4v) is 3.85. The van der Waals surface area contributed by atoms with Crippen LogP contribution in [0, 0.1) is 5.92 Å². The van der Waals surface area contributed by atoms with Crippen LogP contribution in [0.5, 0.6) is 11.6 Å². The number of pyridine rings is 1. The molecule has 2 aromatic carbocycles. The Kier molecular flexibility index (Phi) is 6.48. The molecular weight excluding hydrogens is 388 g/mol. The number of benzene rings is 2. The van der Waals surface area contributed by atoms with Gasteiger partial charge in [-0.1, -0.05) is 30.3 Å². The minimum atomic E-state index is -0.0939. The second-order valence-electron chi connectivity index (χ2n) is 7.99. The maximum atomic E-state index is 12.9. The van der Waals surface area contributed by atoms with Gasteiger partial charge in [-0.3, -0.25) is 4.79 Å². The predicted octanol–water partition coefficient (Wildman–Crippen LogP) is 3.56. The number of anilines is 1. The second kappa shape index (κ2) is 9.62. The summed E-state index contributed by atoms with van der Waals surface area (Å²) in [6.07, 6.45) is 1.70. The highest BCUT2D eigenvalue weighted by Crippen LogP contribution is 2.30. The number of carbonyl (C=O) groups excluding carboxylic acids is 1. The van der Waals surface area contributed by atoms with E-state index in [1.54, 1.807) is 6.20 Å². The zero-order chi connectivity index (χ0) is 21.6. The topological polar surface area (TPSA) is 66.5 Å². The van der Waals surface area contributed by atoms with Crippen LogP contribution in [0.1, 0.15) is 17.0 Å². The van der Waals surface area contributed by atoms with Gasteiger partial charge in [-0.15, -0.1) is 0 Å². The Morgan fingerprint density at radius 1 is 1.06 bits per heavy atom. The van der Waals surface area contributed by atoms with Crippen LogP contribution in [0.25, 0.3) is 0 Å². The zero-order valence-electron chi connectivity index (χ0n) is 17.9. The van der Waals surface area contributed by atoms with Gasteiger partial charge in [0.25, 0.3) is 0 Å². The summed E-state index contributed by atoms with van der Waals surface area (Å²) in [7, 11) is 4.03. The minimum absolute atomic E-state index is 0.0838. The van der Waals surface area contributed by atoms with E-state index in [1.807, 2.05) is 56.6 Å². The van der Waals surface area contributed by atoms with Gasteiger partial charge in [0.05, 0.1) is 5.92 Å². The van der Waals surface area contributed by atoms with Crippen molar-refractivity contribution in [3.05, 3.63) is 84.1 Å². The van der Waals surface area contributed by atoms with E-state index in [9.17, 15) is 4.79 Å². The van der Waals surface area contributed by atoms with Crippen molar-refractivity contribution < 1.29 is 9.53 Å². The number of rotatable bonds is 7. The summed E-state index contributed by atoms with van der Waals surface area (Å²) in [5, 5.41) is 6.47. The van der Waals surface area contributed by atoms with Crippen molar-refractivity contribution in [3.63, 3.8) is 0 Å². The Labute approximate surface area is 183 Å². The molecule has 2 N–H and O–H groups in total. The Bertz CT molecular complexity index is 988. The van der Waals surface area contributed by atoms with Gasteiger partial charge in [0.2, 0.25) is 11.8 Å². The van der Waals surface area contributed by atoms with Crippen molar-refractivity contribution in [2.45, 2.75) is 12.5 Å². The molecule has 0 aliphatic carbocycles. The third-order valence-electron chi connectivity index (χ3n) is 5.64. The summed E-state index contributed by atoms with van der Waals surface area (Å²) in [6, 6.07) is 21.8. The molecule has 6 heteroatoms. The third kappa shape index (κ3) is 5.22. The largest absolute Gasteiger partial charge is 0.439 e. The first-order valence-corrected chi connectivity index (χ1v) is 10.5. The summed E-state index contributed by atoms with van der Waals surface area (Å²) in [6.45, 7) is 2.00. The molecular formula is C25H28N4O2. The first-order chi connectivity index (χ1) is 15.1. The molecule has 1 aromatic heterocycles. The highest BCUT2D eigenvalue weighted by atomic mass is 16.5. The molecule has 0 radical (unpaired) electrons. The average molecular weight is 417 g/mol. The molecule has 2 atom stereocenters. The van der Waals surface area contributed by atoms with E-state index in [2.05, 4.69) is 44.8 Å². The summed E-state index contributed by atoms with van der Waals surface area (Å²) in [4.78, 5) is 19.1. The average Bonchev–Trinajstić information content (AvgIpc) is 3.29. The highest BCUT2D eigenvalue weighted by molar-refractivity contribution is 5.80. The summed E-state index contributed by atoms with van der Waals surface area (Å²) in [5.41, 5.74) is 3.37. The molecule has 0 saturated carbocycles. The number of hydrogen-bond acceptors (Lipinski definition) is 5. The van der Waals surface area contributed by atoms with Crippen molar-refractivity contribution in [1.82, 2.24) is 15.6 Å². The normalized spacial score (nSPS) is 17.9. The number of amides is 1. The standard InChI is InChI=1S/C25H28N4O2/c1-29(2)20-10-6-18(7-11-20)15-28-25(30)23-17-26-16-22(23)19-8-12-21(13-9-19)31-24-5-3-4-14-27-24/h3-14,22-23,26H,15-17H2,1-2H3,(H,28,30)/t22-,23+/m0/s1. The monoisotopic (exact) mass is 416 g/mol. The van der Waals surface area contributed by atoms with Crippen LogP contribution >= 0.6 is 0 Å². The van der Waals surface area contributed by atoms with Crippen LogP contribution in [-0.2, 0) is 11.3 Å². The van der Waals surface area contributed by atoms with Crippen LogP contribution < -0.4 is 20.3 Å². The predicted molar refractivity (Wildman–Crippen MR) is 122 cm³/mol. The van der Waals surface area contributed by atoms with Gasteiger partial charge in [0.15, 0.2) is 0 Å². The molecule has 4 rings (SSSR count). The van der Waals surface area contributed by atoms with Crippen LogP contribution in [-0.4, -0.2) is 38.1 Å². The van der Waals surface area contributed by atoms with Gasteiger partial charge in [-0.25, -0.2) is 4.98 Å². The van der Waals surface area contributed by atoms with E-state index in [0.717, 1.165) is 29.1 Å². The summed E-state index contributed by atoms with van der Waals surface area (Å²) < 4.78 is 5.77. The van der Waals surface area contributed by atoms with Gasteiger partial charge in [0.1, 0.15) is 5.75 Å². The van der Waals surface area contributed by atoms with Gasteiger partial charge in [-0.05, 0) is 41.5 Å². The molecule has 1 amide bonds. The van der Waals surface area contributed by atoms with Crippen molar-refractivity contribution in [3.8, 4) is 11.6 Å². The van der Waals surface area contributed by atoms with E-state index in [1.165, 1.54) is 0 Å². The molecule has 1 aliphatic rings. The molecule has 0 unspecified atom stereocenters. The number of nitrogens with zero attached hydrogens (tertiary/aromatic N) is 2. The van der Waals surface area contributed by atoms with Gasteiger partial charge < -0.3 is 20.3 Å². The SMILES string of the molecule is CN(C)c1ccc(CNC(=O)[C@@H]2CNC[C@H]2c2ccc(Oc3ccccn3)cc2)cc1. The van der Waals surface area contributed by atoms with Gasteiger partial charge >= 0.3 is 0 Å². The fourth-order valence-electron chi connectivity index (χ4n) is 3.85. The summed E-state index contributed by atoms with van der Waals surface area (Å²) in [5.74, 6) is 1.42. The van der Waals surface area contributed by atoms with Crippen molar-refractivity contribution >= 4 is 11.6 Å². The molecule has 2 heterocycles. The lowest BCUT2D eigenvalue weighted by atomic mass is 9.88. The maximum Gasteiger partial charge on any atom is 0.225 e. The molecule has 1 aliphatic heterocycles. The quantitative estimate of drug-likeness (QED) is 0.617. The lowest BCUT2D eigenvalue weighted by Gasteiger charge is -2.19. The van der Waals surface area contributed by atoms with Crippen molar-refractivity contribution in [1.29, 1.82) is 0 Å². The molecule has 6 nitrogen and oxygen atoms in total. The molecule has 160 valence electrons. The number of nitrogens with one attached hydrogen (secondary N) is 2. The van der Waals surface area contributed by atoms with Gasteiger partial charge in [0, 0.05) is 57.6 Å². The minimum Gasteiger partial charge on any atom is -0.439 e. The second-order valence-corrected chi connectivity index (χ2v) is 7.99. The van der Waals surface area contributed by atoms with Crippen molar-refractivity contribution in [2.75, 3.05) is 32.1 Å². The maximum absolute atomic E-state index is 12.9. The van der Waals surface area contributed by atoms with E-state index in [-0.39, 0.29) is 17.7 Å². The Balaban J connectivity index is 1.36. The number of ether oxygens (including phenoxy) is 1. The summed E-state index contributed by atoms with van der Waals surface area (Å²) >= 11 is 0. The van der Waals surface area contributed by atoms with Crippen molar-refractivity contribution in [2.24, 2.45) is 5.92 Å². The molecule has 31 heavy (non-hydrogen) atoms. The van der Waals surface area contributed by atoms with Crippen LogP contribution in [0.3, 0.4) is 0 Å². The first kappa shape index (κ1) is 20.9. The molecule has 1 saturated heterocycles. The highest BCUT2D eigenvalue weighted by Gasteiger charge is 2.33. The van der Waals surface area contributed by atoms with Crippen LogP contribution in [0.2, 0.25) is 0 Å². The van der Waals surface area contributed by atoms with Crippen LogP contribution in [0.4, 0.5) is 5.69 Å². The smallest absolute Gasteiger partial charge is 0.225 e. The molecule has 3 aromatic rings. The lowest BCUT2D eigenvalue weighted by Crippen LogP contribution is -2.34. The number of carbonyl (C=O) groups is 1. The van der Waals surface area contributed by atoms with E-state index in [0.29, 0.717) is 19.0 Å². The number of aromatic nitrogens is 1. The van der Waals surface area contributed by atoms with E-state index in [4.69, 9.17) is 4.74 Å². The molecule has 0 bridgehead atoms. The van der Waals surface area contributed by atoms with Gasteiger partial charge in [-0.2, -0.15) is 0 Å². The first-order valence-electron chi connectivity index (χ1n) is 10.5. The molecule has 1 fully saturated rings. The Morgan fingerprint density at radius 3 is 2.52 bits per heavy atom.